The van der Waals surface area contributed by atoms with E-state index in [-0.39, 0.29) is 29.8 Å². The maximum Gasteiger partial charge on any atom is 0.251 e. The molecule has 2 aliphatic rings. The second kappa shape index (κ2) is 8.30. The minimum atomic E-state index is -0.649. The van der Waals surface area contributed by atoms with Crippen LogP contribution in [0.2, 0.25) is 0 Å². The fourth-order valence-corrected chi connectivity index (χ4v) is 4.61. The van der Waals surface area contributed by atoms with E-state index in [4.69, 9.17) is 20.2 Å². The molecule has 0 fully saturated rings. The van der Waals surface area contributed by atoms with Gasteiger partial charge >= 0.3 is 0 Å². The van der Waals surface area contributed by atoms with Crippen LogP contribution in [0.4, 0.5) is 0 Å². The molecule has 9 nitrogen and oxygen atoms in total. The highest BCUT2D eigenvalue weighted by atomic mass is 16.5. The molecule has 0 atom stereocenters. The number of hydrogen-bond donors (Lipinski definition) is 2. The average Bonchev–Trinajstić information content (AvgIpc) is 3.06. The van der Waals surface area contributed by atoms with Gasteiger partial charge in [0.2, 0.25) is 11.8 Å². The third-order valence-corrected chi connectivity index (χ3v) is 5.94. The fraction of sp³-hybridized carbons (Fsp3) is 0.440. The summed E-state index contributed by atoms with van der Waals surface area (Å²) in [5, 5.41) is 2.38. The zero-order valence-electron chi connectivity index (χ0n) is 20.2. The molecule has 9 heteroatoms. The molecule has 4 rings (SSSR count). The SMILES string of the molecule is COc1cc2c(c3c1OC(C)(C)C3)C(c1ccn(CC(=O)NCC(N)=O)c(=O)c1)=NC(C)(C)C2. The van der Waals surface area contributed by atoms with E-state index in [1.165, 1.54) is 10.6 Å². The minimum absolute atomic E-state index is 0.213. The Morgan fingerprint density at radius 2 is 1.97 bits per heavy atom. The largest absolute Gasteiger partial charge is 0.493 e. The summed E-state index contributed by atoms with van der Waals surface area (Å²) in [6, 6.07) is 5.28. The molecule has 3 N–H and O–H groups in total. The lowest BCUT2D eigenvalue weighted by Gasteiger charge is -2.31. The maximum absolute atomic E-state index is 12.9. The smallest absolute Gasteiger partial charge is 0.251 e. The van der Waals surface area contributed by atoms with Crippen LogP contribution in [0, 0.1) is 0 Å². The highest BCUT2D eigenvalue weighted by molar-refractivity contribution is 6.16. The van der Waals surface area contributed by atoms with Crippen LogP contribution in [-0.4, -0.2) is 46.9 Å². The van der Waals surface area contributed by atoms with Crippen LogP contribution in [0.15, 0.2) is 34.2 Å². The first-order valence-corrected chi connectivity index (χ1v) is 11.2. The number of aromatic nitrogens is 1. The Kier molecular flexibility index (Phi) is 5.75. The molecule has 2 aromatic rings. The van der Waals surface area contributed by atoms with Gasteiger partial charge in [0.05, 0.1) is 24.9 Å². The summed E-state index contributed by atoms with van der Waals surface area (Å²) in [5.74, 6) is 0.301. The van der Waals surface area contributed by atoms with E-state index in [9.17, 15) is 14.4 Å². The fourth-order valence-electron chi connectivity index (χ4n) is 4.61. The van der Waals surface area contributed by atoms with Gasteiger partial charge in [-0.3, -0.25) is 19.4 Å². The minimum Gasteiger partial charge on any atom is -0.493 e. The number of rotatable bonds is 6. The van der Waals surface area contributed by atoms with Gasteiger partial charge in [0.1, 0.15) is 12.1 Å². The zero-order valence-corrected chi connectivity index (χ0v) is 20.2. The van der Waals surface area contributed by atoms with E-state index in [0.29, 0.717) is 17.7 Å². The molecule has 0 saturated heterocycles. The molecule has 0 radical (unpaired) electrons. The number of nitrogens with one attached hydrogen (secondary N) is 1. The molecule has 180 valence electrons. The number of carbonyl (C=O) groups is 2. The molecule has 2 amide bonds. The van der Waals surface area contributed by atoms with Gasteiger partial charge < -0.3 is 25.1 Å². The Morgan fingerprint density at radius 3 is 2.62 bits per heavy atom. The number of aliphatic imine (C=N–C) groups is 1. The molecular formula is C25H30N4O5. The van der Waals surface area contributed by atoms with Crippen molar-refractivity contribution in [3.8, 4) is 11.5 Å². The second-order valence-electron chi connectivity index (χ2n) is 10.0. The van der Waals surface area contributed by atoms with E-state index in [1.54, 1.807) is 19.4 Å². The van der Waals surface area contributed by atoms with Crippen molar-refractivity contribution in [1.29, 1.82) is 0 Å². The van der Waals surface area contributed by atoms with E-state index in [1.807, 2.05) is 19.9 Å². The monoisotopic (exact) mass is 466 g/mol. The van der Waals surface area contributed by atoms with Gasteiger partial charge in [-0.25, -0.2) is 0 Å². The number of methoxy groups -OCH3 is 1. The van der Waals surface area contributed by atoms with Gasteiger partial charge in [-0.05, 0) is 51.8 Å². The molecule has 0 unspecified atom stereocenters. The average molecular weight is 467 g/mol. The van der Waals surface area contributed by atoms with Crippen molar-refractivity contribution in [2.45, 2.75) is 58.2 Å². The Morgan fingerprint density at radius 1 is 1.24 bits per heavy atom. The molecule has 1 aromatic heterocycles. The van der Waals surface area contributed by atoms with Crippen LogP contribution in [-0.2, 0) is 29.0 Å². The number of pyridine rings is 1. The van der Waals surface area contributed by atoms with Gasteiger partial charge in [-0.2, -0.15) is 0 Å². The number of ether oxygens (including phenoxy) is 2. The molecular weight excluding hydrogens is 436 g/mol. The summed E-state index contributed by atoms with van der Waals surface area (Å²) in [5.41, 5.74) is 8.46. The predicted octanol–water partition coefficient (Wildman–Crippen LogP) is 1.34. The van der Waals surface area contributed by atoms with Gasteiger partial charge in [0.25, 0.3) is 5.56 Å². The molecule has 0 aliphatic carbocycles. The normalized spacial score (nSPS) is 17.1. The second-order valence-corrected chi connectivity index (χ2v) is 10.0. The van der Waals surface area contributed by atoms with E-state index >= 15 is 0 Å². The lowest BCUT2D eigenvalue weighted by molar-refractivity contribution is -0.125. The van der Waals surface area contributed by atoms with Crippen LogP contribution < -0.4 is 26.1 Å². The maximum atomic E-state index is 12.9. The van der Waals surface area contributed by atoms with Crippen molar-refractivity contribution in [2.24, 2.45) is 10.7 Å². The number of benzene rings is 1. The number of primary amides is 1. The highest BCUT2D eigenvalue weighted by Crippen LogP contribution is 2.47. The van der Waals surface area contributed by atoms with E-state index < -0.39 is 11.8 Å². The standard InChI is InChI=1S/C25H30N4O5/c1-24(2)10-15-8-17(33-5)23-16(11-25(3,4)34-23)21(15)22(28-24)14-6-7-29(20(32)9-14)13-19(31)27-12-18(26)30/h6-9H,10-13H2,1-5H3,(H2,26,30)(H,27,31). The van der Waals surface area contributed by atoms with Crippen molar-refractivity contribution in [3.63, 3.8) is 0 Å². The lowest BCUT2D eigenvalue weighted by atomic mass is 9.81. The van der Waals surface area contributed by atoms with Gasteiger partial charge in [0, 0.05) is 35.4 Å². The van der Waals surface area contributed by atoms with E-state index in [2.05, 4.69) is 19.2 Å². The molecule has 0 saturated carbocycles. The topological polar surface area (TPSA) is 125 Å². The van der Waals surface area contributed by atoms with Gasteiger partial charge in [-0.15, -0.1) is 0 Å². The number of nitrogens with two attached hydrogens (primary N) is 1. The summed E-state index contributed by atoms with van der Waals surface area (Å²) in [6.45, 7) is 7.69. The van der Waals surface area contributed by atoms with Crippen LogP contribution >= 0.6 is 0 Å². The van der Waals surface area contributed by atoms with Crippen LogP contribution in [0.1, 0.15) is 49.9 Å². The quantitative estimate of drug-likeness (QED) is 0.665. The summed E-state index contributed by atoms with van der Waals surface area (Å²) in [7, 11) is 1.64. The number of hydrogen-bond acceptors (Lipinski definition) is 6. The summed E-state index contributed by atoms with van der Waals surface area (Å²) in [6.07, 6.45) is 2.99. The third-order valence-electron chi connectivity index (χ3n) is 5.94. The molecule has 2 aliphatic heterocycles. The van der Waals surface area contributed by atoms with Crippen molar-refractivity contribution in [2.75, 3.05) is 13.7 Å². The van der Waals surface area contributed by atoms with E-state index in [0.717, 1.165) is 34.6 Å². The summed E-state index contributed by atoms with van der Waals surface area (Å²) in [4.78, 5) is 40.8. The first kappa shape index (κ1) is 23.5. The summed E-state index contributed by atoms with van der Waals surface area (Å²) < 4.78 is 13.1. The van der Waals surface area contributed by atoms with Crippen LogP contribution in [0.25, 0.3) is 0 Å². The van der Waals surface area contributed by atoms with Gasteiger partial charge in [-0.1, -0.05) is 0 Å². The molecule has 0 bridgehead atoms. The number of nitrogens with zero attached hydrogens (tertiary/aromatic N) is 2. The first-order valence-electron chi connectivity index (χ1n) is 11.2. The van der Waals surface area contributed by atoms with Crippen LogP contribution in [0.5, 0.6) is 11.5 Å². The molecule has 3 heterocycles. The summed E-state index contributed by atoms with van der Waals surface area (Å²) >= 11 is 0. The van der Waals surface area contributed by atoms with Crippen molar-refractivity contribution in [1.82, 2.24) is 9.88 Å². The molecule has 34 heavy (non-hydrogen) atoms. The molecule has 0 spiro atoms. The predicted molar refractivity (Wildman–Crippen MR) is 128 cm³/mol. The first-order chi connectivity index (χ1) is 15.9. The Labute approximate surface area is 198 Å². The highest BCUT2D eigenvalue weighted by Gasteiger charge is 2.39. The Bertz CT molecular complexity index is 1270. The Hall–Kier alpha value is -3.62. The van der Waals surface area contributed by atoms with Crippen molar-refractivity contribution in [3.05, 3.63) is 57.0 Å². The van der Waals surface area contributed by atoms with Gasteiger partial charge in [0.15, 0.2) is 11.5 Å². The number of fused-ring (bicyclic) bond motifs is 3. The zero-order chi connectivity index (χ0) is 24.8. The van der Waals surface area contributed by atoms with Crippen LogP contribution in [0.3, 0.4) is 0 Å². The third kappa shape index (κ3) is 4.55. The number of carbonyl (C=O) groups excluding carboxylic acids is 2. The molecule has 1 aromatic carbocycles. The lowest BCUT2D eigenvalue weighted by Crippen LogP contribution is -2.37. The van der Waals surface area contributed by atoms with Crippen molar-refractivity contribution >= 4 is 17.5 Å². The van der Waals surface area contributed by atoms with Crippen molar-refractivity contribution < 1.29 is 19.1 Å². The number of amides is 2. The Balaban J connectivity index is 1.76.